The summed E-state index contributed by atoms with van der Waals surface area (Å²) in [6.45, 7) is 4.30. The van der Waals surface area contributed by atoms with Crippen LogP contribution in [-0.2, 0) is 10.9 Å². The predicted molar refractivity (Wildman–Crippen MR) is 120 cm³/mol. The van der Waals surface area contributed by atoms with Crippen LogP contribution in [0, 0.1) is 12.8 Å². The molecule has 180 valence electrons. The van der Waals surface area contributed by atoms with Gasteiger partial charge in [-0.15, -0.1) is 0 Å². The minimum atomic E-state index is -4.67. The number of piperidine rings is 2. The Morgan fingerprint density at radius 3 is 2.65 bits per heavy atom. The van der Waals surface area contributed by atoms with Crippen molar-refractivity contribution in [3.63, 3.8) is 0 Å². The number of aryl methyl sites for hydroxylation is 1. The maximum absolute atomic E-state index is 13.8. The van der Waals surface area contributed by atoms with E-state index in [4.69, 9.17) is 4.74 Å². The van der Waals surface area contributed by atoms with Crippen LogP contribution >= 0.6 is 0 Å². The van der Waals surface area contributed by atoms with Crippen LogP contribution in [-0.4, -0.2) is 51.2 Å². The van der Waals surface area contributed by atoms with Gasteiger partial charge >= 0.3 is 12.1 Å². The van der Waals surface area contributed by atoms with Crippen molar-refractivity contribution < 1.29 is 22.7 Å². The number of rotatable bonds is 4. The largest absolute Gasteiger partial charge is 0.462 e. The Bertz CT molecular complexity index is 1190. The van der Waals surface area contributed by atoms with Crippen molar-refractivity contribution in [3.8, 4) is 11.3 Å². The maximum Gasteiger partial charge on any atom is 0.433 e. The summed E-state index contributed by atoms with van der Waals surface area (Å²) in [5, 5.41) is 3.84. The van der Waals surface area contributed by atoms with Gasteiger partial charge in [0.2, 0.25) is 0 Å². The number of halogens is 3. The third-order valence-corrected chi connectivity index (χ3v) is 6.99. The van der Waals surface area contributed by atoms with Gasteiger partial charge in [-0.3, -0.25) is 4.90 Å². The molecule has 2 unspecified atom stereocenters. The summed E-state index contributed by atoms with van der Waals surface area (Å²) in [7, 11) is 0. The Hall–Kier alpha value is -2.94. The lowest BCUT2D eigenvalue weighted by Gasteiger charge is -2.44. The first-order valence-corrected chi connectivity index (χ1v) is 11.8. The van der Waals surface area contributed by atoms with Gasteiger partial charge in [-0.25, -0.2) is 14.3 Å². The van der Waals surface area contributed by atoms with E-state index in [9.17, 15) is 18.0 Å². The van der Waals surface area contributed by atoms with E-state index in [0.717, 1.165) is 50.2 Å². The first kappa shape index (κ1) is 22.8. The minimum Gasteiger partial charge on any atom is -0.462 e. The fraction of sp³-hybridized carbons (Fsp3) is 0.480. The molecule has 9 heteroatoms. The van der Waals surface area contributed by atoms with Crippen LogP contribution in [0.25, 0.3) is 16.9 Å². The molecule has 2 atom stereocenters. The molecule has 0 bridgehead atoms. The summed E-state index contributed by atoms with van der Waals surface area (Å²) in [4.78, 5) is 19.8. The second-order valence-electron chi connectivity index (χ2n) is 9.28. The molecule has 0 spiro atoms. The fourth-order valence-electron chi connectivity index (χ4n) is 5.21. The van der Waals surface area contributed by atoms with Gasteiger partial charge < -0.3 is 4.74 Å². The number of hydrogen-bond donors (Lipinski definition) is 0. The highest BCUT2D eigenvalue weighted by molar-refractivity contribution is 5.96. The van der Waals surface area contributed by atoms with Crippen molar-refractivity contribution in [2.75, 3.05) is 19.7 Å². The lowest BCUT2D eigenvalue weighted by molar-refractivity contribution is -0.142. The molecule has 0 amide bonds. The normalized spacial score (nSPS) is 21.4. The van der Waals surface area contributed by atoms with E-state index in [-0.39, 0.29) is 29.4 Å². The van der Waals surface area contributed by atoms with Gasteiger partial charge in [0.05, 0.1) is 18.5 Å². The van der Waals surface area contributed by atoms with Gasteiger partial charge in [0.15, 0.2) is 11.3 Å². The summed E-state index contributed by atoms with van der Waals surface area (Å²) in [5.41, 5.74) is 0.429. The Labute approximate surface area is 195 Å². The average Bonchev–Trinajstić information content (AvgIpc) is 3.26. The number of alkyl halides is 3. The number of aromatic nitrogens is 3. The molecule has 2 fully saturated rings. The number of benzene rings is 1. The Balaban J connectivity index is 1.44. The number of hydrogen-bond acceptors (Lipinski definition) is 5. The Morgan fingerprint density at radius 2 is 1.88 bits per heavy atom. The molecule has 2 aliphatic heterocycles. The molecular formula is C25H27F3N4O2. The number of ether oxygens (including phenoxy) is 1. The van der Waals surface area contributed by atoms with E-state index in [1.807, 2.05) is 6.92 Å². The molecule has 34 heavy (non-hydrogen) atoms. The topological polar surface area (TPSA) is 59.7 Å². The lowest BCUT2D eigenvalue weighted by atomic mass is 9.84. The summed E-state index contributed by atoms with van der Waals surface area (Å²) < 4.78 is 47.8. The molecule has 2 aromatic heterocycles. The molecule has 0 aliphatic carbocycles. The lowest BCUT2D eigenvalue weighted by Crippen LogP contribution is -2.49. The van der Waals surface area contributed by atoms with Crippen LogP contribution < -0.4 is 0 Å². The quantitative estimate of drug-likeness (QED) is 0.492. The van der Waals surface area contributed by atoms with Crippen LogP contribution in [0.15, 0.2) is 36.5 Å². The van der Waals surface area contributed by atoms with E-state index < -0.39 is 17.8 Å². The van der Waals surface area contributed by atoms with Crippen LogP contribution in [0.1, 0.15) is 53.7 Å². The maximum atomic E-state index is 13.8. The Morgan fingerprint density at radius 1 is 1.12 bits per heavy atom. The van der Waals surface area contributed by atoms with Crippen molar-refractivity contribution in [1.29, 1.82) is 0 Å². The highest BCUT2D eigenvalue weighted by Gasteiger charge is 2.37. The van der Waals surface area contributed by atoms with E-state index in [1.165, 1.54) is 12.8 Å². The molecule has 1 aromatic carbocycles. The SMILES string of the molecule is Cc1ccc(-c2cc(C(F)(F)F)n3ncc(C(=O)OCC4CCCN5CCCCC45)c3n2)cc1. The number of carbonyl (C=O) groups excluding carboxylic acids is 1. The van der Waals surface area contributed by atoms with Crippen molar-refractivity contribution in [3.05, 3.63) is 53.3 Å². The number of nitrogens with zero attached hydrogens (tertiary/aromatic N) is 4. The molecule has 6 nitrogen and oxygen atoms in total. The second kappa shape index (κ2) is 9.02. The van der Waals surface area contributed by atoms with Gasteiger partial charge in [-0.1, -0.05) is 36.2 Å². The highest BCUT2D eigenvalue weighted by atomic mass is 19.4. The van der Waals surface area contributed by atoms with Gasteiger partial charge in [0.1, 0.15) is 5.56 Å². The molecule has 0 radical (unpaired) electrons. The summed E-state index contributed by atoms with van der Waals surface area (Å²) in [5.74, 6) is -0.453. The zero-order chi connectivity index (χ0) is 23.9. The zero-order valence-corrected chi connectivity index (χ0v) is 19.0. The fourth-order valence-corrected chi connectivity index (χ4v) is 5.21. The molecule has 2 saturated heterocycles. The number of fused-ring (bicyclic) bond motifs is 2. The van der Waals surface area contributed by atoms with Crippen molar-refractivity contribution in [1.82, 2.24) is 19.5 Å². The summed E-state index contributed by atoms with van der Waals surface area (Å²) >= 11 is 0. The number of esters is 1. The van der Waals surface area contributed by atoms with Crippen LogP contribution in [0.3, 0.4) is 0 Å². The first-order chi connectivity index (χ1) is 16.3. The molecule has 0 N–H and O–H groups in total. The van der Waals surface area contributed by atoms with Gasteiger partial charge in [0.25, 0.3) is 0 Å². The van der Waals surface area contributed by atoms with Gasteiger partial charge in [-0.05, 0) is 51.8 Å². The molecule has 2 aliphatic rings. The molecule has 3 aromatic rings. The van der Waals surface area contributed by atoms with Crippen LogP contribution in [0.2, 0.25) is 0 Å². The Kier molecular flexibility index (Phi) is 6.06. The van der Waals surface area contributed by atoms with Crippen LogP contribution in [0.4, 0.5) is 13.2 Å². The molecule has 5 rings (SSSR count). The van der Waals surface area contributed by atoms with Gasteiger partial charge in [0, 0.05) is 17.5 Å². The number of carbonyl (C=O) groups is 1. The summed E-state index contributed by atoms with van der Waals surface area (Å²) in [6.07, 6.45) is 1.96. The van der Waals surface area contributed by atoms with Crippen molar-refractivity contribution in [2.24, 2.45) is 5.92 Å². The van der Waals surface area contributed by atoms with E-state index in [2.05, 4.69) is 15.0 Å². The molecule has 4 heterocycles. The third-order valence-electron chi connectivity index (χ3n) is 6.99. The van der Waals surface area contributed by atoms with E-state index in [0.29, 0.717) is 16.1 Å². The first-order valence-electron chi connectivity index (χ1n) is 11.8. The highest BCUT2D eigenvalue weighted by Crippen LogP contribution is 2.34. The summed E-state index contributed by atoms with van der Waals surface area (Å²) in [6, 6.07) is 8.39. The average molecular weight is 473 g/mol. The van der Waals surface area contributed by atoms with Crippen molar-refractivity contribution >= 4 is 11.6 Å². The molecule has 0 saturated carbocycles. The zero-order valence-electron chi connectivity index (χ0n) is 19.0. The monoisotopic (exact) mass is 472 g/mol. The minimum absolute atomic E-state index is 0.0595. The van der Waals surface area contributed by atoms with Gasteiger partial charge in [-0.2, -0.15) is 18.3 Å². The van der Waals surface area contributed by atoms with E-state index in [1.54, 1.807) is 24.3 Å². The van der Waals surface area contributed by atoms with Crippen LogP contribution in [0.5, 0.6) is 0 Å². The standard InChI is InChI=1S/C25H27F3N4O2/c1-16-7-9-17(10-8-16)20-13-22(25(26,27)28)32-23(30-20)19(14-29-32)24(33)34-15-18-5-4-12-31-11-3-2-6-21(18)31/h7-10,13-14,18,21H,2-6,11-12,15H2,1H3. The van der Waals surface area contributed by atoms with Crippen molar-refractivity contribution in [2.45, 2.75) is 51.2 Å². The smallest absolute Gasteiger partial charge is 0.433 e. The van der Waals surface area contributed by atoms with E-state index >= 15 is 0 Å². The molecular weight excluding hydrogens is 445 g/mol. The predicted octanol–water partition coefficient (Wildman–Crippen LogP) is 5.14. The second-order valence-corrected chi connectivity index (χ2v) is 9.28. The third kappa shape index (κ3) is 4.41.